The summed E-state index contributed by atoms with van der Waals surface area (Å²) in [6.45, 7) is 0. The topological polar surface area (TPSA) is 53.0 Å². The molecule has 3 nitrogen and oxygen atoms in total. The van der Waals surface area contributed by atoms with E-state index in [9.17, 15) is 8.76 Å². The summed E-state index contributed by atoms with van der Waals surface area (Å²) in [5.74, 6) is 0. The van der Waals surface area contributed by atoms with Gasteiger partial charge >= 0.3 is 0 Å². The maximum absolute atomic E-state index is 10.6. The fourth-order valence-corrected chi connectivity index (χ4v) is 1.54. The van der Waals surface area contributed by atoms with Gasteiger partial charge < -0.3 is 4.55 Å². The molecule has 1 aromatic heterocycles. The highest BCUT2D eigenvalue weighted by Gasteiger charge is 1.95. The zero-order valence-electron chi connectivity index (χ0n) is 6.64. The van der Waals surface area contributed by atoms with Gasteiger partial charge in [0.15, 0.2) is 0 Å². The third-order valence-electron chi connectivity index (χ3n) is 1.77. The minimum Gasteiger partial charge on any atom is -0.768 e. The molecule has 0 saturated heterocycles. The van der Waals surface area contributed by atoms with Crippen LogP contribution >= 0.6 is 0 Å². The molecule has 0 fully saturated rings. The third-order valence-corrected chi connectivity index (χ3v) is 2.41. The maximum atomic E-state index is 10.6. The Kier molecular flexibility index (Phi) is 2.08. The average Bonchev–Trinajstić information content (AvgIpc) is 2.17. The Morgan fingerprint density at radius 2 is 2.15 bits per heavy atom. The van der Waals surface area contributed by atoms with Gasteiger partial charge in [-0.15, -0.1) is 0 Å². The number of rotatable bonds is 1. The lowest BCUT2D eigenvalue weighted by Crippen LogP contribution is -1.88. The Bertz CT molecular complexity index is 470. The van der Waals surface area contributed by atoms with Gasteiger partial charge in [0.25, 0.3) is 0 Å². The first kappa shape index (κ1) is 8.34. The predicted octanol–water partition coefficient (Wildman–Crippen LogP) is 1.47. The number of pyridine rings is 1. The second-order valence-corrected chi connectivity index (χ2v) is 3.53. The number of nitrogens with zero attached hydrogens (tertiary/aromatic N) is 1. The first-order chi connectivity index (χ1) is 6.27. The molecule has 0 N–H and O–H groups in total. The van der Waals surface area contributed by atoms with Crippen molar-refractivity contribution in [3.05, 3.63) is 36.5 Å². The van der Waals surface area contributed by atoms with E-state index in [0.717, 1.165) is 5.39 Å². The molecule has 0 aliphatic rings. The van der Waals surface area contributed by atoms with Gasteiger partial charge in [-0.3, -0.25) is 9.19 Å². The molecule has 1 unspecified atom stereocenters. The van der Waals surface area contributed by atoms with Crippen LogP contribution in [0.25, 0.3) is 10.9 Å². The van der Waals surface area contributed by atoms with Crippen LogP contribution < -0.4 is 0 Å². The van der Waals surface area contributed by atoms with Crippen molar-refractivity contribution in [1.82, 2.24) is 4.98 Å². The minimum absolute atomic E-state index is 0.270. The Morgan fingerprint density at radius 1 is 1.31 bits per heavy atom. The molecule has 0 radical (unpaired) electrons. The van der Waals surface area contributed by atoms with Crippen LogP contribution in [-0.4, -0.2) is 13.7 Å². The monoisotopic (exact) mass is 192 g/mol. The van der Waals surface area contributed by atoms with Gasteiger partial charge in [0.1, 0.15) is 0 Å². The van der Waals surface area contributed by atoms with E-state index in [1.54, 1.807) is 24.4 Å². The number of hydrogen-bond donors (Lipinski definition) is 0. The van der Waals surface area contributed by atoms with Crippen molar-refractivity contribution < 1.29 is 8.76 Å². The summed E-state index contributed by atoms with van der Waals surface area (Å²) in [6.07, 6.45) is 1.64. The molecule has 1 atom stereocenters. The molecule has 1 aromatic carbocycles. The first-order valence-corrected chi connectivity index (χ1v) is 4.79. The highest BCUT2D eigenvalue weighted by molar-refractivity contribution is 7.79. The summed E-state index contributed by atoms with van der Waals surface area (Å²) >= 11 is -2.17. The standard InChI is InChI=1S/C9H7NO2S/c11-13(12)8-4-3-7-2-1-5-10-9(7)6-8/h1-6H,(H,11,12)/p-1. The summed E-state index contributed by atoms with van der Waals surface area (Å²) in [5, 5.41) is 0.941. The smallest absolute Gasteiger partial charge is 0.0713 e. The van der Waals surface area contributed by atoms with Gasteiger partial charge in [0.2, 0.25) is 0 Å². The minimum atomic E-state index is -2.17. The van der Waals surface area contributed by atoms with E-state index in [-0.39, 0.29) is 4.90 Å². The number of aromatic nitrogens is 1. The Hall–Kier alpha value is -1.26. The number of hydrogen-bond acceptors (Lipinski definition) is 3. The fourth-order valence-electron chi connectivity index (χ4n) is 1.15. The van der Waals surface area contributed by atoms with E-state index in [0.29, 0.717) is 5.52 Å². The van der Waals surface area contributed by atoms with Crippen molar-refractivity contribution in [3.8, 4) is 0 Å². The van der Waals surface area contributed by atoms with Crippen molar-refractivity contribution in [2.24, 2.45) is 0 Å². The quantitative estimate of drug-likeness (QED) is 0.643. The van der Waals surface area contributed by atoms with E-state index < -0.39 is 11.1 Å². The van der Waals surface area contributed by atoms with Crippen molar-refractivity contribution in [2.75, 3.05) is 0 Å². The molecule has 13 heavy (non-hydrogen) atoms. The van der Waals surface area contributed by atoms with Crippen LogP contribution in [0.2, 0.25) is 0 Å². The van der Waals surface area contributed by atoms with Crippen LogP contribution in [-0.2, 0) is 11.1 Å². The molecule has 0 saturated carbocycles. The van der Waals surface area contributed by atoms with Gasteiger partial charge in [-0.05, 0) is 29.3 Å². The van der Waals surface area contributed by atoms with Gasteiger partial charge in [0, 0.05) is 16.5 Å². The summed E-state index contributed by atoms with van der Waals surface area (Å²) in [6, 6.07) is 8.56. The number of fused-ring (bicyclic) bond motifs is 1. The second-order valence-electron chi connectivity index (χ2n) is 2.59. The van der Waals surface area contributed by atoms with E-state index >= 15 is 0 Å². The van der Waals surface area contributed by atoms with Crippen molar-refractivity contribution in [3.63, 3.8) is 0 Å². The fraction of sp³-hybridized carbons (Fsp3) is 0. The molecule has 1 heterocycles. The van der Waals surface area contributed by atoms with E-state index in [2.05, 4.69) is 4.98 Å². The molecule has 0 aliphatic carbocycles. The highest BCUT2D eigenvalue weighted by atomic mass is 32.2. The molecule has 66 valence electrons. The maximum Gasteiger partial charge on any atom is 0.0713 e. The van der Waals surface area contributed by atoms with Crippen LogP contribution in [0.3, 0.4) is 0 Å². The van der Waals surface area contributed by atoms with Crippen LogP contribution in [0.5, 0.6) is 0 Å². The summed E-state index contributed by atoms with van der Waals surface area (Å²) in [7, 11) is 0. The lowest BCUT2D eigenvalue weighted by atomic mass is 10.2. The molecule has 2 rings (SSSR count). The van der Waals surface area contributed by atoms with Crippen LogP contribution in [0.4, 0.5) is 0 Å². The molecule has 0 aliphatic heterocycles. The largest absolute Gasteiger partial charge is 0.768 e. The molecular weight excluding hydrogens is 186 g/mol. The molecule has 2 aromatic rings. The lowest BCUT2D eigenvalue weighted by Gasteiger charge is -2.05. The van der Waals surface area contributed by atoms with Crippen LogP contribution in [0, 0.1) is 0 Å². The molecular formula is C9H6NO2S-. The normalized spacial score (nSPS) is 13.0. The Balaban J connectivity index is 2.69. The zero-order chi connectivity index (χ0) is 9.26. The Labute approximate surface area is 77.7 Å². The zero-order valence-corrected chi connectivity index (χ0v) is 7.45. The van der Waals surface area contributed by atoms with Crippen molar-refractivity contribution in [1.29, 1.82) is 0 Å². The number of benzene rings is 1. The summed E-state index contributed by atoms with van der Waals surface area (Å²) < 4.78 is 21.2. The van der Waals surface area contributed by atoms with E-state index in [4.69, 9.17) is 0 Å². The lowest BCUT2D eigenvalue weighted by molar-refractivity contribution is 0.537. The Morgan fingerprint density at radius 3 is 2.92 bits per heavy atom. The van der Waals surface area contributed by atoms with Gasteiger partial charge in [0.05, 0.1) is 5.52 Å². The van der Waals surface area contributed by atoms with Crippen LogP contribution in [0.1, 0.15) is 0 Å². The van der Waals surface area contributed by atoms with Crippen molar-refractivity contribution >= 4 is 22.0 Å². The molecule has 4 heteroatoms. The van der Waals surface area contributed by atoms with Gasteiger partial charge in [-0.2, -0.15) is 0 Å². The van der Waals surface area contributed by atoms with Crippen LogP contribution in [0.15, 0.2) is 41.4 Å². The molecule has 0 bridgehead atoms. The SMILES string of the molecule is O=S([O-])c1ccc2cccnc2c1. The summed E-state index contributed by atoms with van der Waals surface area (Å²) in [4.78, 5) is 4.32. The third kappa shape index (κ3) is 1.59. The summed E-state index contributed by atoms with van der Waals surface area (Å²) in [5.41, 5.74) is 0.698. The van der Waals surface area contributed by atoms with Crippen molar-refractivity contribution in [2.45, 2.75) is 4.90 Å². The average molecular weight is 192 g/mol. The highest BCUT2D eigenvalue weighted by Crippen LogP contribution is 2.14. The molecule has 0 spiro atoms. The first-order valence-electron chi connectivity index (χ1n) is 3.71. The van der Waals surface area contributed by atoms with Gasteiger partial charge in [-0.25, -0.2) is 0 Å². The second kappa shape index (κ2) is 3.24. The van der Waals surface area contributed by atoms with Gasteiger partial charge in [-0.1, -0.05) is 12.1 Å². The van der Waals surface area contributed by atoms with E-state index in [1.807, 2.05) is 12.1 Å². The predicted molar refractivity (Wildman–Crippen MR) is 48.9 cm³/mol. The molecule has 0 amide bonds. The van der Waals surface area contributed by atoms with E-state index in [1.165, 1.54) is 0 Å².